The quantitative estimate of drug-likeness (QED) is 0.0370. The Labute approximate surface area is 392 Å². The van der Waals surface area contributed by atoms with Gasteiger partial charge in [0.05, 0.1) is 17.3 Å². The fourth-order valence-electron chi connectivity index (χ4n) is 7.23. The van der Waals surface area contributed by atoms with Crippen LogP contribution in [0, 0.1) is 11.8 Å². The lowest BCUT2D eigenvalue weighted by molar-refractivity contribution is -0.108. The van der Waals surface area contributed by atoms with E-state index >= 15 is 0 Å². The summed E-state index contributed by atoms with van der Waals surface area (Å²) in [5.41, 5.74) is 24.9. The van der Waals surface area contributed by atoms with Crippen molar-refractivity contribution in [3.63, 3.8) is 0 Å². The van der Waals surface area contributed by atoms with E-state index in [2.05, 4.69) is 47.0 Å². The molecular formula is C49H78F2N10O5. The summed E-state index contributed by atoms with van der Waals surface area (Å²) in [7, 11) is 9.49. The van der Waals surface area contributed by atoms with Gasteiger partial charge in [-0.15, -0.1) is 0 Å². The Morgan fingerprint density at radius 1 is 0.970 bits per heavy atom. The minimum atomic E-state index is -2.61. The number of halogens is 2. The van der Waals surface area contributed by atoms with Crippen LogP contribution in [0.1, 0.15) is 128 Å². The first-order valence-corrected chi connectivity index (χ1v) is 22.5. The average molecular weight is 925 g/mol. The number of aldehydes is 1. The molecule has 2 amide bonds. The number of nitrogens with two attached hydrogens (primary N) is 3. The van der Waals surface area contributed by atoms with Gasteiger partial charge in [0.2, 0.25) is 0 Å². The van der Waals surface area contributed by atoms with E-state index in [1.807, 2.05) is 78.0 Å². The topological polar surface area (TPSA) is 221 Å². The minimum absolute atomic E-state index is 0.00491. The predicted octanol–water partition coefficient (Wildman–Crippen LogP) is 5.21. The van der Waals surface area contributed by atoms with Gasteiger partial charge in [-0.1, -0.05) is 45.1 Å². The van der Waals surface area contributed by atoms with Crippen molar-refractivity contribution in [2.75, 3.05) is 66.7 Å². The molecule has 3 atom stereocenters. The molecule has 10 N–H and O–H groups in total. The second kappa shape index (κ2) is 34.0. The molecule has 2 aromatic rings. The molecule has 66 heavy (non-hydrogen) atoms. The summed E-state index contributed by atoms with van der Waals surface area (Å²) in [6.45, 7) is 14.2. The lowest BCUT2D eigenvalue weighted by Crippen LogP contribution is -2.40. The van der Waals surface area contributed by atoms with E-state index in [1.165, 1.54) is 4.90 Å². The first-order valence-electron chi connectivity index (χ1n) is 22.5. The number of anilines is 1. The molecule has 2 aliphatic heterocycles. The molecule has 0 spiro atoms. The van der Waals surface area contributed by atoms with E-state index < -0.39 is 12.6 Å². The molecule has 2 aliphatic rings. The Kier molecular flexibility index (Phi) is 31.3. The van der Waals surface area contributed by atoms with Crippen molar-refractivity contribution in [3.8, 4) is 11.8 Å². The second-order valence-electron chi connectivity index (χ2n) is 15.6. The van der Waals surface area contributed by atoms with Crippen LogP contribution in [0.2, 0.25) is 0 Å². The largest absolute Gasteiger partial charge is 0.385 e. The van der Waals surface area contributed by atoms with E-state index in [1.54, 1.807) is 31.2 Å². The molecule has 4 rings (SSSR count). The van der Waals surface area contributed by atoms with Crippen molar-refractivity contribution >= 4 is 42.9 Å². The van der Waals surface area contributed by atoms with Gasteiger partial charge in [-0.25, -0.2) is 13.8 Å². The molecule has 0 saturated carbocycles. The molecule has 3 unspecified atom stereocenters. The van der Waals surface area contributed by atoms with Crippen LogP contribution in [0.3, 0.4) is 0 Å². The number of fused-ring (bicyclic) bond motifs is 1. The van der Waals surface area contributed by atoms with E-state index in [-0.39, 0.29) is 36.0 Å². The van der Waals surface area contributed by atoms with Gasteiger partial charge in [0, 0.05) is 87.4 Å². The number of rotatable bonds is 21. The van der Waals surface area contributed by atoms with Gasteiger partial charge in [0.1, 0.15) is 19.9 Å². The van der Waals surface area contributed by atoms with Crippen molar-refractivity contribution in [1.82, 2.24) is 30.9 Å². The summed E-state index contributed by atoms with van der Waals surface area (Å²) in [5, 5.41) is 16.8. The molecule has 0 radical (unpaired) electrons. The SMILES string of the molecule is C=O.C=O.CCCC#Cc1cccc2c1C(=O)N(C(C)CCC=O)C2=O.CCCc1cc(C2=CN(C)N(C)C2)c(C(F)F)cc1NC(N)/C(CN)=C(/CCNC)NC(CC)CCN.CNC. The van der Waals surface area contributed by atoms with E-state index in [0.29, 0.717) is 53.9 Å². The maximum atomic E-state index is 14.3. The highest BCUT2D eigenvalue weighted by atomic mass is 19.3. The molecule has 0 aromatic heterocycles. The number of carbonyl (C=O) groups is 5. The van der Waals surface area contributed by atoms with E-state index in [9.17, 15) is 23.2 Å². The number of hydrogen-bond acceptors (Lipinski definition) is 14. The Balaban J connectivity index is 0.00000123. The molecule has 368 valence electrons. The molecule has 0 bridgehead atoms. The third-order valence-electron chi connectivity index (χ3n) is 10.6. The Morgan fingerprint density at radius 2 is 1.64 bits per heavy atom. The van der Waals surface area contributed by atoms with Gasteiger partial charge >= 0.3 is 0 Å². The Hall–Kier alpha value is -5.35. The van der Waals surface area contributed by atoms with Crippen LogP contribution in [-0.2, 0) is 20.8 Å². The number of unbranched alkanes of at least 4 members (excludes halogenated alkanes) is 1. The number of imide groups is 1. The smallest absolute Gasteiger partial charge is 0.264 e. The van der Waals surface area contributed by atoms with Crippen LogP contribution in [0.15, 0.2) is 47.8 Å². The number of alkyl halides is 2. The summed E-state index contributed by atoms with van der Waals surface area (Å²) >= 11 is 0. The van der Waals surface area contributed by atoms with Gasteiger partial charge < -0.3 is 57.9 Å². The summed E-state index contributed by atoms with van der Waals surface area (Å²) < 4.78 is 28.6. The van der Waals surface area contributed by atoms with E-state index in [4.69, 9.17) is 26.8 Å². The standard InChI is InChI=1S/C27H48F2N8.C18H19NO3.C2H7N.2CH2O/c1-6-8-18-13-21(19-16-36(4)37(5)17-19)22(26(28)29)14-25(18)35-27(32)23(15-31)24(10-12-33-3)34-20(7-2)9-11-30;1-3-4-5-9-14-10-6-11-15-16(14)18(22)19(17(15)21)13(2)8-7-12-20;1-3-2;2*1-2/h13-14,16,20,26-27,33-35H,6-12,15,17,30-32H2,1-5H3;6,10-13H,3-4,7-8H2,1-2H3;3H,1-2H3;2*1H2/b24-23-;;;;. The maximum absolute atomic E-state index is 14.3. The highest BCUT2D eigenvalue weighted by Crippen LogP contribution is 2.36. The zero-order valence-electron chi connectivity index (χ0n) is 40.8. The van der Waals surface area contributed by atoms with Crippen LogP contribution >= 0.6 is 0 Å². The van der Waals surface area contributed by atoms with Crippen LogP contribution in [0.4, 0.5) is 14.5 Å². The average Bonchev–Trinajstić information content (AvgIpc) is 3.79. The van der Waals surface area contributed by atoms with E-state index in [0.717, 1.165) is 80.2 Å². The number of nitrogens with zero attached hydrogens (tertiary/aromatic N) is 3. The van der Waals surface area contributed by atoms with Crippen LogP contribution in [-0.4, -0.2) is 126 Å². The molecule has 2 heterocycles. The zero-order valence-corrected chi connectivity index (χ0v) is 40.8. The summed E-state index contributed by atoms with van der Waals surface area (Å²) in [5.74, 6) is 5.41. The van der Waals surface area contributed by atoms with Crippen molar-refractivity contribution in [3.05, 3.63) is 81.2 Å². The molecule has 0 saturated heterocycles. The van der Waals surface area contributed by atoms with Gasteiger partial charge in [0.15, 0.2) is 0 Å². The monoisotopic (exact) mass is 925 g/mol. The lowest BCUT2D eigenvalue weighted by atomic mass is 9.94. The number of carbonyl (C=O) groups excluding carboxylic acids is 5. The van der Waals surface area contributed by atoms with Crippen molar-refractivity contribution < 1.29 is 32.8 Å². The molecule has 0 fully saturated rings. The summed E-state index contributed by atoms with van der Waals surface area (Å²) in [4.78, 5) is 52.8. The van der Waals surface area contributed by atoms with Crippen molar-refractivity contribution in [2.45, 2.75) is 110 Å². The Bertz CT molecular complexity index is 1920. The zero-order chi connectivity index (χ0) is 50.4. The first-order chi connectivity index (χ1) is 31.7. The van der Waals surface area contributed by atoms with Crippen LogP contribution < -0.4 is 38.5 Å². The lowest BCUT2D eigenvalue weighted by Gasteiger charge is -2.28. The third kappa shape index (κ3) is 18.1. The minimum Gasteiger partial charge on any atom is -0.385 e. The number of likely N-dealkylation sites (N-methyl/N-ethyl adjacent to an activating group) is 1. The number of aryl methyl sites for hydroxylation is 1. The second-order valence-corrected chi connectivity index (χ2v) is 15.6. The number of nitrogens with one attached hydrogen (secondary N) is 4. The summed E-state index contributed by atoms with van der Waals surface area (Å²) in [6, 6.07) is 8.57. The normalized spacial score (nSPS) is 14.5. The Morgan fingerprint density at radius 3 is 2.15 bits per heavy atom. The highest BCUT2D eigenvalue weighted by Gasteiger charge is 2.39. The molecular weight excluding hydrogens is 847 g/mol. The van der Waals surface area contributed by atoms with Gasteiger partial charge in [0.25, 0.3) is 18.2 Å². The third-order valence-corrected chi connectivity index (χ3v) is 10.6. The number of amides is 2. The van der Waals surface area contributed by atoms with Gasteiger partial charge in [-0.2, -0.15) is 0 Å². The first kappa shape index (κ1) is 60.6. The number of benzene rings is 2. The maximum Gasteiger partial charge on any atom is 0.264 e. The molecule has 15 nitrogen and oxygen atoms in total. The van der Waals surface area contributed by atoms with Crippen molar-refractivity contribution in [2.24, 2.45) is 17.2 Å². The van der Waals surface area contributed by atoms with Crippen LogP contribution in [0.25, 0.3) is 5.57 Å². The van der Waals surface area contributed by atoms with Gasteiger partial charge in [-0.3, -0.25) is 14.5 Å². The number of hydrazine groups is 1. The molecule has 0 aliphatic carbocycles. The van der Waals surface area contributed by atoms with Gasteiger partial charge in [-0.05, 0) is 120 Å². The van der Waals surface area contributed by atoms with Crippen molar-refractivity contribution in [1.29, 1.82) is 0 Å². The molecule has 2 aromatic carbocycles. The fraction of sp³-hybridized carbons (Fsp3) is 0.531. The summed E-state index contributed by atoms with van der Waals surface area (Å²) in [6.07, 6.45) is 6.07. The van der Waals surface area contributed by atoms with Crippen LogP contribution in [0.5, 0.6) is 0 Å². The highest BCUT2D eigenvalue weighted by molar-refractivity contribution is 6.22. The predicted molar refractivity (Wildman–Crippen MR) is 264 cm³/mol. The molecule has 17 heteroatoms. The fourth-order valence-corrected chi connectivity index (χ4v) is 7.23. The number of hydrogen-bond donors (Lipinski definition) is 7.